The number of hydrogen-bond donors (Lipinski definition) is 1. The van der Waals surface area contributed by atoms with Crippen molar-refractivity contribution in [3.8, 4) is 0 Å². The fraction of sp³-hybridized carbons (Fsp3) is 0.929. The van der Waals surface area contributed by atoms with Crippen LogP contribution in [0.5, 0.6) is 0 Å². The lowest BCUT2D eigenvalue weighted by molar-refractivity contribution is -0.153. The molecule has 0 saturated heterocycles. The van der Waals surface area contributed by atoms with Crippen LogP contribution in [0, 0.1) is 11.8 Å². The van der Waals surface area contributed by atoms with Gasteiger partial charge in [-0.15, -0.1) is 0 Å². The summed E-state index contributed by atoms with van der Waals surface area (Å²) in [5.74, 6) is 0.935. The number of carbonyl (C=O) groups excluding carboxylic acids is 1. The van der Waals surface area contributed by atoms with Crippen molar-refractivity contribution in [3.05, 3.63) is 0 Å². The number of nitrogens with one attached hydrogen (secondary N) is 1. The van der Waals surface area contributed by atoms with Gasteiger partial charge < -0.3 is 15.0 Å². The molecule has 0 heterocycles. The van der Waals surface area contributed by atoms with Crippen molar-refractivity contribution in [2.45, 2.75) is 38.6 Å². The van der Waals surface area contributed by atoms with E-state index < -0.39 is 5.54 Å². The number of hydrogen-bond acceptors (Lipinski definition) is 4. The van der Waals surface area contributed by atoms with Crippen LogP contribution < -0.4 is 5.32 Å². The van der Waals surface area contributed by atoms with Crippen LogP contribution in [0.15, 0.2) is 0 Å². The van der Waals surface area contributed by atoms with E-state index in [0.29, 0.717) is 11.8 Å². The number of rotatable bonds is 5. The van der Waals surface area contributed by atoms with Gasteiger partial charge >= 0.3 is 5.97 Å². The van der Waals surface area contributed by atoms with Crippen molar-refractivity contribution < 1.29 is 9.53 Å². The Morgan fingerprint density at radius 3 is 2.61 bits per heavy atom. The van der Waals surface area contributed by atoms with Gasteiger partial charge in [-0.3, -0.25) is 4.79 Å². The van der Waals surface area contributed by atoms with Crippen molar-refractivity contribution in [3.63, 3.8) is 0 Å². The Morgan fingerprint density at radius 2 is 2.11 bits per heavy atom. The molecule has 3 unspecified atom stereocenters. The third-order valence-electron chi connectivity index (χ3n) is 4.18. The Balaban J connectivity index is 2.72. The van der Waals surface area contributed by atoms with E-state index in [1.165, 1.54) is 7.11 Å². The van der Waals surface area contributed by atoms with E-state index in [-0.39, 0.29) is 5.97 Å². The Morgan fingerprint density at radius 1 is 1.44 bits per heavy atom. The van der Waals surface area contributed by atoms with Crippen LogP contribution in [0.4, 0.5) is 0 Å². The summed E-state index contributed by atoms with van der Waals surface area (Å²) in [5, 5.41) is 3.47. The lowest BCUT2D eigenvalue weighted by atomic mass is 9.70. The number of carbonyl (C=O) groups is 1. The van der Waals surface area contributed by atoms with Gasteiger partial charge in [0.15, 0.2) is 0 Å². The van der Waals surface area contributed by atoms with Crippen molar-refractivity contribution in [2.75, 3.05) is 34.3 Å². The fourth-order valence-corrected chi connectivity index (χ4v) is 2.97. The molecule has 4 nitrogen and oxygen atoms in total. The molecule has 1 rings (SSSR count). The van der Waals surface area contributed by atoms with Crippen molar-refractivity contribution in [2.24, 2.45) is 11.8 Å². The van der Waals surface area contributed by atoms with Crippen LogP contribution in [0.25, 0.3) is 0 Å². The van der Waals surface area contributed by atoms with Gasteiger partial charge in [-0.25, -0.2) is 0 Å². The maximum Gasteiger partial charge on any atom is 0.326 e. The molecule has 0 aromatic heterocycles. The molecule has 1 saturated carbocycles. The molecule has 1 N–H and O–H groups in total. The third kappa shape index (κ3) is 3.45. The number of likely N-dealkylation sites (N-methyl/N-ethyl adjacent to an activating group) is 1. The van der Waals surface area contributed by atoms with Crippen LogP contribution in [0.1, 0.15) is 33.1 Å². The highest BCUT2D eigenvalue weighted by molar-refractivity contribution is 5.81. The molecule has 0 aliphatic heterocycles. The Labute approximate surface area is 111 Å². The van der Waals surface area contributed by atoms with Gasteiger partial charge in [0.25, 0.3) is 0 Å². The smallest absolute Gasteiger partial charge is 0.326 e. The normalized spacial score (nSPS) is 32.6. The summed E-state index contributed by atoms with van der Waals surface area (Å²) < 4.78 is 5.04. The highest BCUT2D eigenvalue weighted by Gasteiger charge is 2.46. The maximum absolute atomic E-state index is 12.2. The van der Waals surface area contributed by atoms with Crippen LogP contribution in [-0.2, 0) is 9.53 Å². The molecular formula is C14H28N2O2. The number of methoxy groups -OCH3 is 1. The monoisotopic (exact) mass is 256 g/mol. The van der Waals surface area contributed by atoms with Crippen molar-refractivity contribution in [1.29, 1.82) is 0 Å². The minimum absolute atomic E-state index is 0.0966. The second-order valence-electron chi connectivity index (χ2n) is 5.97. The molecule has 4 heteroatoms. The van der Waals surface area contributed by atoms with Gasteiger partial charge in [0, 0.05) is 13.1 Å². The lowest BCUT2D eigenvalue weighted by Gasteiger charge is -2.43. The van der Waals surface area contributed by atoms with Crippen LogP contribution in [-0.4, -0.2) is 50.7 Å². The molecule has 0 aromatic rings. The molecule has 0 aromatic carbocycles. The first-order valence-corrected chi connectivity index (χ1v) is 6.90. The predicted molar refractivity (Wildman–Crippen MR) is 73.5 cm³/mol. The summed E-state index contributed by atoms with van der Waals surface area (Å²) in [4.78, 5) is 14.3. The Kier molecular flexibility index (Phi) is 5.60. The standard InChI is InChI=1S/C14H28N2O2/c1-11-6-7-14(12(2)10-11,13(17)18-5)15-8-9-16(3)4/h11-12,15H,6-10H2,1-5H3. The average molecular weight is 256 g/mol. The van der Waals surface area contributed by atoms with Gasteiger partial charge in [-0.1, -0.05) is 13.8 Å². The summed E-state index contributed by atoms with van der Waals surface area (Å²) in [7, 11) is 5.57. The lowest BCUT2D eigenvalue weighted by Crippen LogP contribution is -2.60. The van der Waals surface area contributed by atoms with E-state index in [1.54, 1.807) is 0 Å². The molecule has 0 spiro atoms. The molecular weight excluding hydrogens is 228 g/mol. The van der Waals surface area contributed by atoms with Gasteiger partial charge in [0.05, 0.1) is 7.11 Å². The summed E-state index contributed by atoms with van der Waals surface area (Å²) in [6, 6.07) is 0. The van der Waals surface area contributed by atoms with Gasteiger partial charge in [-0.2, -0.15) is 0 Å². The van der Waals surface area contributed by atoms with E-state index in [4.69, 9.17) is 4.74 Å². The molecule has 106 valence electrons. The van der Waals surface area contributed by atoms with Gasteiger partial charge in [0.1, 0.15) is 5.54 Å². The number of ether oxygens (including phenoxy) is 1. The summed E-state index contributed by atoms with van der Waals surface area (Å²) in [6.45, 7) is 6.18. The first-order valence-electron chi connectivity index (χ1n) is 6.90. The Hall–Kier alpha value is -0.610. The summed E-state index contributed by atoms with van der Waals surface area (Å²) in [5.41, 5.74) is -0.475. The second kappa shape index (κ2) is 6.53. The van der Waals surface area contributed by atoms with Gasteiger partial charge in [-0.05, 0) is 45.2 Å². The molecule has 0 radical (unpaired) electrons. The highest BCUT2D eigenvalue weighted by Crippen LogP contribution is 2.37. The van der Waals surface area contributed by atoms with E-state index >= 15 is 0 Å². The van der Waals surface area contributed by atoms with E-state index in [9.17, 15) is 4.79 Å². The molecule has 3 atom stereocenters. The molecule has 1 aliphatic carbocycles. The van der Waals surface area contributed by atoms with E-state index in [2.05, 4.69) is 24.1 Å². The minimum atomic E-state index is -0.475. The quantitative estimate of drug-likeness (QED) is 0.757. The largest absolute Gasteiger partial charge is 0.468 e. The zero-order valence-corrected chi connectivity index (χ0v) is 12.5. The fourth-order valence-electron chi connectivity index (χ4n) is 2.97. The second-order valence-corrected chi connectivity index (χ2v) is 5.97. The first kappa shape index (κ1) is 15.4. The van der Waals surface area contributed by atoms with Crippen LogP contribution in [0.2, 0.25) is 0 Å². The molecule has 18 heavy (non-hydrogen) atoms. The predicted octanol–water partition coefficient (Wildman–Crippen LogP) is 1.51. The first-order chi connectivity index (χ1) is 8.42. The van der Waals surface area contributed by atoms with E-state index in [1.807, 2.05) is 14.1 Å². The highest BCUT2D eigenvalue weighted by atomic mass is 16.5. The summed E-state index contributed by atoms with van der Waals surface area (Å²) >= 11 is 0. The maximum atomic E-state index is 12.2. The number of nitrogens with zero attached hydrogens (tertiary/aromatic N) is 1. The van der Waals surface area contributed by atoms with Crippen LogP contribution >= 0.6 is 0 Å². The SMILES string of the molecule is COC(=O)C1(NCCN(C)C)CCC(C)CC1C. The molecule has 1 fully saturated rings. The zero-order valence-electron chi connectivity index (χ0n) is 12.5. The molecule has 0 amide bonds. The zero-order chi connectivity index (χ0) is 13.8. The van der Waals surface area contributed by atoms with Crippen LogP contribution in [0.3, 0.4) is 0 Å². The topological polar surface area (TPSA) is 41.6 Å². The van der Waals surface area contributed by atoms with Crippen molar-refractivity contribution >= 4 is 5.97 Å². The summed E-state index contributed by atoms with van der Waals surface area (Å²) in [6.07, 6.45) is 3.06. The third-order valence-corrected chi connectivity index (χ3v) is 4.18. The molecule has 0 bridgehead atoms. The molecule has 1 aliphatic rings. The van der Waals surface area contributed by atoms with Crippen molar-refractivity contribution in [1.82, 2.24) is 10.2 Å². The average Bonchev–Trinajstić information content (AvgIpc) is 2.31. The van der Waals surface area contributed by atoms with Gasteiger partial charge in [0.2, 0.25) is 0 Å². The minimum Gasteiger partial charge on any atom is -0.468 e. The van der Waals surface area contributed by atoms with E-state index in [0.717, 1.165) is 32.4 Å². The number of esters is 1. The Bertz CT molecular complexity index is 281.